The Balaban J connectivity index is 0. The van der Waals surface area contributed by atoms with E-state index in [0.717, 1.165) is 0 Å². The van der Waals surface area contributed by atoms with E-state index >= 15 is 0 Å². The van der Waals surface area contributed by atoms with Crippen molar-refractivity contribution in [2.75, 3.05) is 0 Å². The van der Waals surface area contributed by atoms with E-state index in [2.05, 4.69) is 0 Å². The Labute approximate surface area is 57.5 Å². The summed E-state index contributed by atoms with van der Waals surface area (Å²) in [6.07, 6.45) is 0. The minimum atomic E-state index is 0. The summed E-state index contributed by atoms with van der Waals surface area (Å²) in [7, 11) is 0. The molecular formula is H4Cl2SiTi+2. The molecule has 4 heavy (non-hydrogen) atoms. The summed E-state index contributed by atoms with van der Waals surface area (Å²) in [6.45, 7) is 0. The second kappa shape index (κ2) is 24.4. The standard InChI is InChI=1S/2ClH.H4Si.Ti/h2*1H;1H4;/q;;;+4/p-2. The fraction of sp³-hybridized carbons (Fsp3) is 0. The first kappa shape index (κ1) is 49.1. The SMILES string of the molecule is [Cl-].[Cl-].[SiH4].[Ti+4]. The Morgan fingerprint density at radius 3 is 0.750 bits per heavy atom. The molecule has 0 rings (SSSR count). The van der Waals surface area contributed by atoms with Crippen LogP contribution in [-0.4, -0.2) is 11.0 Å². The van der Waals surface area contributed by atoms with E-state index in [1.807, 2.05) is 0 Å². The van der Waals surface area contributed by atoms with Gasteiger partial charge in [0, 0.05) is 0 Å². The number of rotatable bonds is 0. The summed E-state index contributed by atoms with van der Waals surface area (Å²) in [6, 6.07) is 0. The zero-order valence-corrected chi connectivity index (χ0v) is 4.33. The summed E-state index contributed by atoms with van der Waals surface area (Å²) in [5.74, 6) is 0. The van der Waals surface area contributed by atoms with Crippen LogP contribution in [0, 0.1) is 0 Å². The molecule has 0 nitrogen and oxygen atoms in total. The Bertz CT molecular complexity index is 6.00. The monoisotopic (exact) mass is 150 g/mol. The smallest absolute Gasteiger partial charge is 1.00 e. The maximum atomic E-state index is 0. The summed E-state index contributed by atoms with van der Waals surface area (Å²) in [5, 5.41) is 0. The van der Waals surface area contributed by atoms with Crippen LogP contribution < -0.4 is 24.8 Å². The summed E-state index contributed by atoms with van der Waals surface area (Å²) < 4.78 is 0. The van der Waals surface area contributed by atoms with Crippen LogP contribution in [0.3, 0.4) is 0 Å². The number of hydrogen-bond donors (Lipinski definition) is 0. The van der Waals surface area contributed by atoms with Gasteiger partial charge >= 0.3 is 21.7 Å². The van der Waals surface area contributed by atoms with E-state index in [4.69, 9.17) is 0 Å². The molecule has 0 heterocycles. The third-order valence-corrected chi connectivity index (χ3v) is 0. The van der Waals surface area contributed by atoms with E-state index in [1.165, 1.54) is 0 Å². The molecule has 0 aromatic carbocycles. The van der Waals surface area contributed by atoms with E-state index in [9.17, 15) is 0 Å². The largest absolute Gasteiger partial charge is 4.00 e. The van der Waals surface area contributed by atoms with E-state index < -0.39 is 0 Å². The average molecular weight is 151 g/mol. The van der Waals surface area contributed by atoms with Crippen LogP contribution in [0.25, 0.3) is 0 Å². The van der Waals surface area contributed by atoms with Crippen molar-refractivity contribution in [3.8, 4) is 0 Å². The van der Waals surface area contributed by atoms with Gasteiger partial charge in [-0.25, -0.2) is 0 Å². The van der Waals surface area contributed by atoms with Crippen LogP contribution in [-0.2, 0) is 21.7 Å². The van der Waals surface area contributed by atoms with E-state index in [0.29, 0.717) is 0 Å². The van der Waals surface area contributed by atoms with Gasteiger partial charge in [-0.2, -0.15) is 0 Å². The Hall–Kier alpha value is 1.51. The first-order valence-electron chi connectivity index (χ1n) is 0. The molecule has 0 atom stereocenters. The topological polar surface area (TPSA) is 0 Å². The van der Waals surface area contributed by atoms with Crippen LogP contribution in [0.1, 0.15) is 0 Å². The van der Waals surface area contributed by atoms with Gasteiger partial charge in [-0.3, -0.25) is 0 Å². The molecule has 0 saturated heterocycles. The molecule has 0 aliphatic heterocycles. The quantitative estimate of drug-likeness (QED) is 0.302. The third kappa shape index (κ3) is 9.70. The van der Waals surface area contributed by atoms with Crippen molar-refractivity contribution < 1.29 is 46.5 Å². The van der Waals surface area contributed by atoms with Crippen molar-refractivity contribution in [3.05, 3.63) is 0 Å². The first-order valence-corrected chi connectivity index (χ1v) is 0. The Morgan fingerprint density at radius 1 is 0.750 bits per heavy atom. The van der Waals surface area contributed by atoms with Gasteiger partial charge in [-0.05, 0) is 11.0 Å². The molecule has 0 aliphatic carbocycles. The van der Waals surface area contributed by atoms with Crippen LogP contribution in [0.15, 0.2) is 0 Å². The van der Waals surface area contributed by atoms with E-state index in [1.54, 1.807) is 0 Å². The molecule has 0 saturated carbocycles. The van der Waals surface area contributed by atoms with Gasteiger partial charge in [0.15, 0.2) is 0 Å². The maximum absolute atomic E-state index is 0. The number of halogens is 2. The molecule has 0 radical (unpaired) electrons. The molecule has 24 valence electrons. The molecular weight excluding hydrogens is 147 g/mol. The summed E-state index contributed by atoms with van der Waals surface area (Å²) >= 11 is 0. The van der Waals surface area contributed by atoms with Crippen LogP contribution >= 0.6 is 0 Å². The molecule has 4 heteroatoms. The van der Waals surface area contributed by atoms with Crippen LogP contribution in [0.5, 0.6) is 0 Å². The Morgan fingerprint density at radius 2 is 0.750 bits per heavy atom. The minimum Gasteiger partial charge on any atom is -1.00 e. The predicted molar refractivity (Wildman–Crippen MR) is 11.3 cm³/mol. The molecule has 0 N–H and O–H groups in total. The van der Waals surface area contributed by atoms with Crippen molar-refractivity contribution in [1.29, 1.82) is 0 Å². The molecule has 0 spiro atoms. The van der Waals surface area contributed by atoms with Gasteiger partial charge in [0.1, 0.15) is 0 Å². The molecule has 0 aromatic rings. The van der Waals surface area contributed by atoms with Crippen molar-refractivity contribution in [2.45, 2.75) is 0 Å². The van der Waals surface area contributed by atoms with Gasteiger partial charge in [0.05, 0.1) is 0 Å². The average Bonchev–Trinajstić information content (AvgIpc) is 0. The van der Waals surface area contributed by atoms with Crippen molar-refractivity contribution in [1.82, 2.24) is 0 Å². The summed E-state index contributed by atoms with van der Waals surface area (Å²) in [5.41, 5.74) is 0. The van der Waals surface area contributed by atoms with Crippen LogP contribution in [0.2, 0.25) is 0 Å². The molecule has 0 aliphatic rings. The molecule has 0 fully saturated rings. The van der Waals surface area contributed by atoms with Gasteiger partial charge in [-0.1, -0.05) is 0 Å². The first-order chi connectivity index (χ1) is 0. The second-order valence-electron chi connectivity index (χ2n) is 0. The number of hydrogen-bond acceptors (Lipinski definition) is 0. The summed E-state index contributed by atoms with van der Waals surface area (Å²) in [4.78, 5) is 0. The Kier molecular flexibility index (Phi) is 299. The van der Waals surface area contributed by atoms with Crippen molar-refractivity contribution in [2.24, 2.45) is 0 Å². The van der Waals surface area contributed by atoms with Crippen LogP contribution in [0.4, 0.5) is 0 Å². The fourth-order valence-electron chi connectivity index (χ4n) is 0. The normalized spacial score (nSPS) is 0. The molecule has 0 aromatic heterocycles. The maximum Gasteiger partial charge on any atom is 4.00 e. The molecule has 0 amide bonds. The predicted octanol–water partition coefficient (Wildman–Crippen LogP) is -7.45. The molecule has 0 unspecified atom stereocenters. The van der Waals surface area contributed by atoms with Crippen molar-refractivity contribution >= 4 is 11.0 Å². The van der Waals surface area contributed by atoms with Gasteiger partial charge < -0.3 is 24.8 Å². The zero-order chi connectivity index (χ0) is 0. The van der Waals surface area contributed by atoms with Gasteiger partial charge in [-0.15, -0.1) is 0 Å². The minimum absolute atomic E-state index is 0. The van der Waals surface area contributed by atoms with Crippen molar-refractivity contribution in [3.63, 3.8) is 0 Å². The zero-order valence-electron chi connectivity index (χ0n) is 1.26. The molecule has 0 bridgehead atoms. The van der Waals surface area contributed by atoms with E-state index in [-0.39, 0.29) is 57.5 Å². The fourth-order valence-corrected chi connectivity index (χ4v) is 0. The van der Waals surface area contributed by atoms with Gasteiger partial charge in [0.2, 0.25) is 0 Å². The third-order valence-electron chi connectivity index (χ3n) is 0. The second-order valence-corrected chi connectivity index (χ2v) is 0. The van der Waals surface area contributed by atoms with Gasteiger partial charge in [0.25, 0.3) is 0 Å².